The topological polar surface area (TPSA) is 93.8 Å². The van der Waals surface area contributed by atoms with Crippen molar-refractivity contribution in [2.24, 2.45) is 0 Å². The molecule has 2 aromatic rings. The van der Waals surface area contributed by atoms with Crippen LogP contribution in [0.15, 0.2) is 33.5 Å². The lowest BCUT2D eigenvalue weighted by molar-refractivity contribution is -0.140. The molecule has 0 aliphatic rings. The van der Waals surface area contributed by atoms with Crippen LogP contribution >= 0.6 is 0 Å². The second-order valence-electron chi connectivity index (χ2n) is 3.96. The van der Waals surface area contributed by atoms with Crippen LogP contribution < -0.4 is 5.63 Å². The number of carbonyl (C=O) groups excluding carboxylic acids is 1. The first-order valence-corrected chi connectivity index (χ1v) is 5.41. The quantitative estimate of drug-likeness (QED) is 0.662. The van der Waals surface area contributed by atoms with Gasteiger partial charge in [0.2, 0.25) is 0 Å². The number of carbonyl (C=O) groups is 2. The maximum Gasteiger partial charge on any atom is 0.351 e. The average Bonchev–Trinajstić information content (AvgIpc) is 2.35. The minimum absolute atomic E-state index is 0.320. The first-order chi connectivity index (χ1) is 8.97. The normalized spacial score (nSPS) is 10.4. The van der Waals surface area contributed by atoms with Crippen molar-refractivity contribution in [2.75, 3.05) is 6.61 Å². The maximum absolute atomic E-state index is 11.6. The summed E-state index contributed by atoms with van der Waals surface area (Å²) < 4.78 is 9.42. The van der Waals surface area contributed by atoms with Gasteiger partial charge in [0.25, 0.3) is 0 Å². The molecule has 1 heterocycles. The highest BCUT2D eigenvalue weighted by Gasteiger charge is 2.16. The van der Waals surface area contributed by atoms with Gasteiger partial charge >= 0.3 is 17.6 Å². The van der Waals surface area contributed by atoms with Crippen LogP contribution in [0.4, 0.5) is 0 Å². The summed E-state index contributed by atoms with van der Waals surface area (Å²) >= 11 is 0. The lowest BCUT2D eigenvalue weighted by Crippen LogP contribution is -2.19. The van der Waals surface area contributed by atoms with Crippen LogP contribution in [0, 0.1) is 6.92 Å². The average molecular weight is 262 g/mol. The molecule has 0 bridgehead atoms. The zero-order valence-corrected chi connectivity index (χ0v) is 10.0. The van der Waals surface area contributed by atoms with Gasteiger partial charge in [-0.05, 0) is 25.1 Å². The molecule has 0 saturated carbocycles. The van der Waals surface area contributed by atoms with E-state index in [4.69, 9.17) is 9.52 Å². The van der Waals surface area contributed by atoms with E-state index in [1.165, 1.54) is 6.07 Å². The number of aliphatic carboxylic acids is 1. The number of hydrogen-bond donors (Lipinski definition) is 1. The van der Waals surface area contributed by atoms with Crippen molar-refractivity contribution in [2.45, 2.75) is 6.92 Å². The smallest absolute Gasteiger partial charge is 0.351 e. The Labute approximate surface area is 107 Å². The lowest BCUT2D eigenvalue weighted by Gasteiger charge is -2.03. The van der Waals surface area contributed by atoms with E-state index in [9.17, 15) is 14.4 Å². The molecular weight excluding hydrogens is 252 g/mol. The second-order valence-corrected chi connectivity index (χ2v) is 3.96. The Morgan fingerprint density at radius 3 is 2.74 bits per heavy atom. The van der Waals surface area contributed by atoms with E-state index in [1.807, 2.05) is 6.92 Å². The highest BCUT2D eigenvalue weighted by atomic mass is 16.6. The van der Waals surface area contributed by atoms with E-state index < -0.39 is 24.2 Å². The van der Waals surface area contributed by atoms with Crippen LogP contribution in [0.25, 0.3) is 11.0 Å². The Morgan fingerprint density at radius 2 is 2.05 bits per heavy atom. The second kappa shape index (κ2) is 4.93. The summed E-state index contributed by atoms with van der Waals surface area (Å²) in [7, 11) is 0. The number of aryl methyl sites for hydroxylation is 1. The summed E-state index contributed by atoms with van der Waals surface area (Å²) in [6.45, 7) is 1.05. The number of esters is 1. The fourth-order valence-electron chi connectivity index (χ4n) is 1.59. The maximum atomic E-state index is 11.6. The molecule has 0 unspecified atom stereocenters. The van der Waals surface area contributed by atoms with Gasteiger partial charge in [0.1, 0.15) is 11.1 Å². The molecule has 0 saturated heterocycles. The number of carboxylic acid groups (broad SMARTS) is 1. The molecule has 2 rings (SSSR count). The van der Waals surface area contributed by atoms with Gasteiger partial charge in [-0.2, -0.15) is 0 Å². The molecule has 0 amide bonds. The van der Waals surface area contributed by atoms with Crippen molar-refractivity contribution in [3.63, 3.8) is 0 Å². The summed E-state index contributed by atoms with van der Waals surface area (Å²) in [5.41, 5.74) is 0.114. The van der Waals surface area contributed by atoms with Gasteiger partial charge in [0.15, 0.2) is 6.61 Å². The standard InChI is InChI=1S/C13H10O6/c1-7-2-3-10-8(4-7)5-9(13(17)19-10)12(16)18-6-11(14)15/h2-5H,6H2,1H3,(H,14,15). The van der Waals surface area contributed by atoms with E-state index in [0.29, 0.717) is 11.0 Å². The molecule has 6 nitrogen and oxygen atoms in total. The molecule has 1 aromatic carbocycles. The Morgan fingerprint density at radius 1 is 1.32 bits per heavy atom. The van der Waals surface area contributed by atoms with Crippen LogP contribution in [0.5, 0.6) is 0 Å². The van der Waals surface area contributed by atoms with Crippen molar-refractivity contribution in [1.29, 1.82) is 0 Å². The molecule has 1 aromatic heterocycles. The van der Waals surface area contributed by atoms with E-state index in [0.717, 1.165) is 5.56 Å². The van der Waals surface area contributed by atoms with Crippen molar-refractivity contribution < 1.29 is 23.8 Å². The van der Waals surface area contributed by atoms with Gasteiger partial charge in [0, 0.05) is 5.39 Å². The molecule has 0 aliphatic heterocycles. The van der Waals surface area contributed by atoms with Gasteiger partial charge in [-0.25, -0.2) is 14.4 Å². The minimum atomic E-state index is -1.30. The van der Waals surface area contributed by atoms with Crippen LogP contribution in [0.1, 0.15) is 15.9 Å². The molecule has 0 spiro atoms. The molecule has 0 fully saturated rings. The van der Waals surface area contributed by atoms with Crippen molar-refractivity contribution in [3.05, 3.63) is 45.8 Å². The summed E-state index contributed by atoms with van der Waals surface area (Å²) in [5.74, 6) is -2.31. The molecule has 6 heteroatoms. The third-order valence-electron chi connectivity index (χ3n) is 2.43. The molecule has 0 atom stereocenters. The number of carboxylic acids is 1. The largest absolute Gasteiger partial charge is 0.479 e. The molecule has 0 radical (unpaired) electrons. The van der Waals surface area contributed by atoms with Gasteiger partial charge in [-0.3, -0.25) is 0 Å². The number of hydrogen-bond acceptors (Lipinski definition) is 5. The zero-order chi connectivity index (χ0) is 14.0. The SMILES string of the molecule is Cc1ccc2oc(=O)c(C(=O)OCC(=O)O)cc2c1. The minimum Gasteiger partial charge on any atom is -0.479 e. The number of ether oxygens (including phenoxy) is 1. The predicted molar refractivity (Wildman–Crippen MR) is 65.1 cm³/mol. The third-order valence-corrected chi connectivity index (χ3v) is 2.43. The monoisotopic (exact) mass is 262 g/mol. The van der Waals surface area contributed by atoms with Gasteiger partial charge in [0.05, 0.1) is 0 Å². The van der Waals surface area contributed by atoms with Crippen LogP contribution in [0.3, 0.4) is 0 Å². The predicted octanol–water partition coefficient (Wildman–Crippen LogP) is 1.34. The first kappa shape index (κ1) is 12.8. The van der Waals surface area contributed by atoms with Crippen molar-refractivity contribution in [3.8, 4) is 0 Å². The molecular formula is C13H10O6. The summed E-state index contributed by atoms with van der Waals surface area (Å²) in [4.78, 5) is 33.4. The lowest BCUT2D eigenvalue weighted by atomic mass is 10.1. The zero-order valence-electron chi connectivity index (χ0n) is 10.0. The number of rotatable bonds is 3. The Kier molecular flexibility index (Phi) is 3.33. The van der Waals surface area contributed by atoms with Crippen LogP contribution in [-0.2, 0) is 9.53 Å². The summed E-state index contributed by atoms with van der Waals surface area (Å²) in [6, 6.07) is 6.47. The molecule has 19 heavy (non-hydrogen) atoms. The van der Waals surface area contributed by atoms with E-state index in [1.54, 1.807) is 18.2 Å². The first-order valence-electron chi connectivity index (χ1n) is 5.41. The van der Waals surface area contributed by atoms with E-state index >= 15 is 0 Å². The highest BCUT2D eigenvalue weighted by molar-refractivity contribution is 5.93. The molecule has 1 N–H and O–H groups in total. The Hall–Kier alpha value is -2.63. The number of benzene rings is 1. The Balaban J connectivity index is 2.43. The summed E-state index contributed by atoms with van der Waals surface area (Å²) in [6.07, 6.45) is 0. The van der Waals surface area contributed by atoms with Crippen molar-refractivity contribution >= 4 is 22.9 Å². The van der Waals surface area contributed by atoms with E-state index in [-0.39, 0.29) is 5.56 Å². The van der Waals surface area contributed by atoms with Crippen LogP contribution in [0.2, 0.25) is 0 Å². The Bertz CT molecular complexity index is 713. The number of fused-ring (bicyclic) bond motifs is 1. The fourth-order valence-corrected chi connectivity index (χ4v) is 1.59. The van der Waals surface area contributed by atoms with E-state index in [2.05, 4.69) is 4.74 Å². The molecule has 98 valence electrons. The summed E-state index contributed by atoms with van der Waals surface area (Å²) in [5, 5.41) is 8.98. The molecule has 0 aliphatic carbocycles. The van der Waals surface area contributed by atoms with Crippen molar-refractivity contribution in [1.82, 2.24) is 0 Å². The third kappa shape index (κ3) is 2.79. The fraction of sp³-hybridized carbons (Fsp3) is 0.154. The highest BCUT2D eigenvalue weighted by Crippen LogP contribution is 2.15. The van der Waals surface area contributed by atoms with Gasteiger partial charge < -0.3 is 14.3 Å². The van der Waals surface area contributed by atoms with Gasteiger partial charge in [-0.1, -0.05) is 11.6 Å². The van der Waals surface area contributed by atoms with Crippen LogP contribution in [-0.4, -0.2) is 23.7 Å². The van der Waals surface area contributed by atoms with Gasteiger partial charge in [-0.15, -0.1) is 0 Å².